The monoisotopic (exact) mass is 246 g/mol. The van der Waals surface area contributed by atoms with Crippen LogP contribution in [0.25, 0.3) is 0 Å². The summed E-state index contributed by atoms with van der Waals surface area (Å²) in [6.07, 6.45) is 5.06. The minimum Gasteiger partial charge on any atom is -0.454 e. The Balaban J connectivity index is 1.80. The number of carbonyl (C=O) groups excluding carboxylic acids is 1. The first kappa shape index (κ1) is 12.3. The molecule has 0 aromatic heterocycles. The lowest BCUT2D eigenvalue weighted by atomic mass is 10.2. The summed E-state index contributed by atoms with van der Waals surface area (Å²) in [4.78, 5) is 11.4. The van der Waals surface area contributed by atoms with Crippen molar-refractivity contribution in [3.05, 3.63) is 23.8 Å². The molecule has 0 unspecified atom stereocenters. The molecule has 1 aromatic carbocycles. The highest BCUT2D eigenvalue weighted by molar-refractivity contribution is 5.78. The van der Waals surface area contributed by atoms with Gasteiger partial charge in [0.05, 0.1) is 13.1 Å². The number of hydrogen-bond acceptors (Lipinski definition) is 4. The van der Waals surface area contributed by atoms with Crippen molar-refractivity contribution in [2.75, 3.05) is 19.9 Å². The number of amides is 1. The van der Waals surface area contributed by atoms with Gasteiger partial charge in [-0.1, -0.05) is 12.0 Å². The van der Waals surface area contributed by atoms with Crippen LogP contribution in [-0.4, -0.2) is 25.8 Å². The standard InChI is InChI=1S/C13H14N2O3/c1-2-5-14-8-13(16)15-7-10-3-4-11-12(6-10)18-9-17-11/h1,3-4,6,14H,5,7-9H2,(H,15,16). The van der Waals surface area contributed by atoms with E-state index in [0.29, 0.717) is 18.8 Å². The zero-order valence-electron chi connectivity index (χ0n) is 9.86. The summed E-state index contributed by atoms with van der Waals surface area (Å²) < 4.78 is 10.5. The molecule has 0 spiro atoms. The molecule has 5 nitrogen and oxygen atoms in total. The van der Waals surface area contributed by atoms with Gasteiger partial charge in [0.25, 0.3) is 0 Å². The number of hydrogen-bond donors (Lipinski definition) is 2. The predicted octanol–water partition coefficient (Wildman–Crippen LogP) is 0.254. The predicted molar refractivity (Wildman–Crippen MR) is 66.1 cm³/mol. The fourth-order valence-corrected chi connectivity index (χ4v) is 1.56. The molecule has 0 radical (unpaired) electrons. The van der Waals surface area contributed by atoms with Crippen molar-refractivity contribution in [2.24, 2.45) is 0 Å². The Morgan fingerprint density at radius 1 is 1.39 bits per heavy atom. The lowest BCUT2D eigenvalue weighted by Gasteiger charge is -2.06. The number of fused-ring (bicyclic) bond motifs is 1. The molecule has 1 aromatic rings. The number of benzene rings is 1. The van der Waals surface area contributed by atoms with Crippen LogP contribution < -0.4 is 20.1 Å². The van der Waals surface area contributed by atoms with E-state index in [4.69, 9.17) is 15.9 Å². The van der Waals surface area contributed by atoms with Crippen LogP contribution in [0.1, 0.15) is 5.56 Å². The Morgan fingerprint density at radius 3 is 3.06 bits per heavy atom. The molecule has 0 saturated heterocycles. The lowest BCUT2D eigenvalue weighted by molar-refractivity contribution is -0.120. The van der Waals surface area contributed by atoms with E-state index in [1.54, 1.807) is 0 Å². The van der Waals surface area contributed by atoms with Gasteiger partial charge in [-0.3, -0.25) is 10.1 Å². The fourth-order valence-electron chi connectivity index (χ4n) is 1.56. The van der Waals surface area contributed by atoms with Crippen molar-refractivity contribution in [3.63, 3.8) is 0 Å². The average molecular weight is 246 g/mol. The molecule has 0 atom stereocenters. The molecule has 0 aliphatic carbocycles. The van der Waals surface area contributed by atoms with Gasteiger partial charge in [0.2, 0.25) is 12.7 Å². The van der Waals surface area contributed by atoms with Gasteiger partial charge in [0.15, 0.2) is 11.5 Å². The number of carbonyl (C=O) groups is 1. The molecule has 18 heavy (non-hydrogen) atoms. The summed E-state index contributed by atoms with van der Waals surface area (Å²) in [7, 11) is 0. The second-order valence-corrected chi connectivity index (χ2v) is 3.77. The SMILES string of the molecule is C#CCNCC(=O)NCc1ccc2c(c1)OCO2. The lowest BCUT2D eigenvalue weighted by Crippen LogP contribution is -2.33. The third kappa shape index (κ3) is 3.15. The number of nitrogens with one attached hydrogen (secondary N) is 2. The van der Waals surface area contributed by atoms with E-state index in [1.165, 1.54) is 0 Å². The maximum atomic E-state index is 11.4. The second kappa shape index (κ2) is 5.94. The van der Waals surface area contributed by atoms with Crippen LogP contribution in [0.2, 0.25) is 0 Å². The van der Waals surface area contributed by atoms with E-state index in [9.17, 15) is 4.79 Å². The first-order valence-corrected chi connectivity index (χ1v) is 5.59. The second-order valence-electron chi connectivity index (χ2n) is 3.77. The largest absolute Gasteiger partial charge is 0.454 e. The Labute approximate surface area is 105 Å². The number of rotatable bonds is 5. The Kier molecular flexibility index (Phi) is 4.05. The summed E-state index contributed by atoms with van der Waals surface area (Å²) >= 11 is 0. The van der Waals surface area contributed by atoms with E-state index in [1.807, 2.05) is 18.2 Å². The summed E-state index contributed by atoms with van der Waals surface area (Å²) in [5.74, 6) is 3.76. The molecular weight excluding hydrogens is 232 g/mol. The van der Waals surface area contributed by atoms with Gasteiger partial charge in [-0.05, 0) is 17.7 Å². The summed E-state index contributed by atoms with van der Waals surface area (Å²) in [6.45, 7) is 1.31. The van der Waals surface area contributed by atoms with Gasteiger partial charge in [-0.15, -0.1) is 6.42 Å². The van der Waals surface area contributed by atoms with Crippen LogP contribution in [0.5, 0.6) is 11.5 Å². The number of ether oxygens (including phenoxy) is 2. The van der Waals surface area contributed by atoms with E-state index >= 15 is 0 Å². The van der Waals surface area contributed by atoms with Crippen LogP contribution >= 0.6 is 0 Å². The maximum absolute atomic E-state index is 11.4. The third-order valence-electron chi connectivity index (χ3n) is 2.44. The Bertz CT molecular complexity index is 480. The molecule has 0 bridgehead atoms. The molecule has 0 fully saturated rings. The highest BCUT2D eigenvalue weighted by Gasteiger charge is 2.13. The Morgan fingerprint density at radius 2 is 2.22 bits per heavy atom. The van der Waals surface area contributed by atoms with Crippen LogP contribution in [0, 0.1) is 12.3 Å². The quantitative estimate of drug-likeness (QED) is 0.578. The van der Waals surface area contributed by atoms with Gasteiger partial charge in [-0.2, -0.15) is 0 Å². The molecule has 2 N–H and O–H groups in total. The van der Waals surface area contributed by atoms with E-state index < -0.39 is 0 Å². The van der Waals surface area contributed by atoms with E-state index in [2.05, 4.69) is 16.6 Å². The van der Waals surface area contributed by atoms with Gasteiger partial charge < -0.3 is 14.8 Å². The van der Waals surface area contributed by atoms with Gasteiger partial charge in [0.1, 0.15) is 0 Å². The van der Waals surface area contributed by atoms with Crippen molar-refractivity contribution in [3.8, 4) is 23.8 Å². The highest BCUT2D eigenvalue weighted by atomic mass is 16.7. The van der Waals surface area contributed by atoms with Crippen molar-refractivity contribution in [1.82, 2.24) is 10.6 Å². The topological polar surface area (TPSA) is 59.6 Å². The molecule has 1 aliphatic heterocycles. The van der Waals surface area contributed by atoms with E-state index in [0.717, 1.165) is 11.3 Å². The van der Waals surface area contributed by atoms with Crippen LogP contribution in [-0.2, 0) is 11.3 Å². The minimum absolute atomic E-state index is 0.0945. The Hall–Kier alpha value is -2.19. The van der Waals surface area contributed by atoms with Crippen molar-refractivity contribution < 1.29 is 14.3 Å². The van der Waals surface area contributed by atoms with Gasteiger partial charge in [0, 0.05) is 6.54 Å². The fraction of sp³-hybridized carbons (Fsp3) is 0.308. The molecule has 5 heteroatoms. The van der Waals surface area contributed by atoms with Gasteiger partial charge >= 0.3 is 0 Å². The van der Waals surface area contributed by atoms with Crippen molar-refractivity contribution in [1.29, 1.82) is 0 Å². The molecule has 1 aliphatic rings. The van der Waals surface area contributed by atoms with Crippen molar-refractivity contribution in [2.45, 2.75) is 6.54 Å². The normalized spacial score (nSPS) is 11.9. The summed E-state index contributed by atoms with van der Waals surface area (Å²) in [5.41, 5.74) is 0.963. The zero-order valence-corrected chi connectivity index (χ0v) is 9.86. The van der Waals surface area contributed by atoms with Crippen LogP contribution in [0.15, 0.2) is 18.2 Å². The smallest absolute Gasteiger partial charge is 0.234 e. The summed E-state index contributed by atoms with van der Waals surface area (Å²) in [5, 5.41) is 5.60. The minimum atomic E-state index is -0.0945. The molecule has 94 valence electrons. The summed E-state index contributed by atoms with van der Waals surface area (Å²) in [6, 6.07) is 5.58. The first-order valence-electron chi connectivity index (χ1n) is 5.59. The zero-order chi connectivity index (χ0) is 12.8. The first-order chi connectivity index (χ1) is 8.79. The number of terminal acetylenes is 1. The third-order valence-corrected chi connectivity index (χ3v) is 2.44. The molecule has 1 amide bonds. The maximum Gasteiger partial charge on any atom is 0.234 e. The van der Waals surface area contributed by atoms with Crippen LogP contribution in [0.4, 0.5) is 0 Å². The van der Waals surface area contributed by atoms with E-state index in [-0.39, 0.29) is 19.2 Å². The molecule has 2 rings (SSSR count). The molecule has 0 saturated carbocycles. The molecular formula is C13H14N2O3. The van der Waals surface area contributed by atoms with Crippen molar-refractivity contribution >= 4 is 5.91 Å². The average Bonchev–Trinajstić information content (AvgIpc) is 2.84. The molecule has 1 heterocycles. The van der Waals surface area contributed by atoms with Gasteiger partial charge in [-0.25, -0.2) is 0 Å². The van der Waals surface area contributed by atoms with Crippen LogP contribution in [0.3, 0.4) is 0 Å². The highest BCUT2D eigenvalue weighted by Crippen LogP contribution is 2.32.